The monoisotopic (exact) mass is 361 g/mol. The Morgan fingerprint density at radius 2 is 2.04 bits per heavy atom. The third kappa shape index (κ3) is 3.03. The first-order valence-electron chi connectivity index (χ1n) is 7.91. The second-order valence-corrected chi connectivity index (χ2v) is 6.54. The molecule has 0 saturated carbocycles. The van der Waals surface area contributed by atoms with Crippen LogP contribution in [0.25, 0.3) is 21.6 Å². The second kappa shape index (κ2) is 6.58. The molecular weight excluding hydrogens is 346 g/mol. The molecule has 128 valence electrons. The van der Waals surface area contributed by atoms with Gasteiger partial charge in [0.25, 0.3) is 0 Å². The molecule has 4 aromatic rings. The van der Waals surface area contributed by atoms with Crippen LogP contribution < -0.4 is 4.74 Å². The molecule has 7 heteroatoms. The van der Waals surface area contributed by atoms with Gasteiger partial charge in [-0.05, 0) is 30.9 Å². The largest absolute Gasteiger partial charge is 0.497 e. The number of nitrogens with zero attached hydrogens (tertiary/aromatic N) is 5. The highest BCUT2D eigenvalue weighted by molar-refractivity contribution is 7.13. The molecule has 26 heavy (non-hydrogen) atoms. The summed E-state index contributed by atoms with van der Waals surface area (Å²) >= 11 is 1.55. The van der Waals surface area contributed by atoms with E-state index in [0.29, 0.717) is 17.3 Å². The van der Waals surface area contributed by atoms with Crippen LogP contribution in [0.15, 0.2) is 36.0 Å². The Labute approximate surface area is 154 Å². The van der Waals surface area contributed by atoms with Crippen LogP contribution in [-0.2, 0) is 7.05 Å². The zero-order chi connectivity index (χ0) is 18.1. The third-order valence-electron chi connectivity index (χ3n) is 3.84. The average molecular weight is 361 g/mol. The SMILES string of the molecule is COc1ccc2c(C#Cc3nc(-c4nccs4)cn3C)nc(C)nc2c1. The van der Waals surface area contributed by atoms with Crippen molar-refractivity contribution in [3.05, 3.63) is 53.3 Å². The van der Waals surface area contributed by atoms with Gasteiger partial charge in [0.05, 0.1) is 12.6 Å². The van der Waals surface area contributed by atoms with Crippen molar-refractivity contribution in [3.8, 4) is 28.3 Å². The molecule has 1 aromatic carbocycles. The summed E-state index contributed by atoms with van der Waals surface area (Å²) in [5.74, 6) is 8.34. The summed E-state index contributed by atoms with van der Waals surface area (Å²) in [6.07, 6.45) is 3.70. The van der Waals surface area contributed by atoms with Gasteiger partial charge in [-0.25, -0.2) is 19.9 Å². The topological polar surface area (TPSA) is 65.7 Å². The number of aryl methyl sites for hydroxylation is 2. The van der Waals surface area contributed by atoms with Crippen molar-refractivity contribution in [1.29, 1.82) is 0 Å². The Hall–Kier alpha value is -3.24. The summed E-state index contributed by atoms with van der Waals surface area (Å²) in [4.78, 5) is 17.8. The molecule has 0 N–H and O–H groups in total. The standard InChI is InChI=1S/C19H15N5OS/c1-12-21-15(14-5-4-13(25-3)10-16(14)22-12)6-7-18-23-17(11-24(18)2)19-20-8-9-26-19/h4-5,8-11H,1-3H3. The first-order chi connectivity index (χ1) is 12.6. The Bertz CT molecular complexity index is 1150. The Morgan fingerprint density at radius 1 is 1.15 bits per heavy atom. The maximum atomic E-state index is 5.27. The van der Waals surface area contributed by atoms with Crippen LogP contribution >= 0.6 is 11.3 Å². The Balaban J connectivity index is 1.77. The number of hydrogen-bond acceptors (Lipinski definition) is 6. The van der Waals surface area contributed by atoms with Crippen LogP contribution in [-0.4, -0.2) is 31.6 Å². The molecular formula is C19H15N5OS. The van der Waals surface area contributed by atoms with Gasteiger partial charge in [-0.1, -0.05) is 0 Å². The van der Waals surface area contributed by atoms with Crippen LogP contribution in [0.5, 0.6) is 5.75 Å². The molecule has 0 aliphatic carbocycles. The zero-order valence-corrected chi connectivity index (χ0v) is 15.3. The number of ether oxygens (including phenoxy) is 1. The van der Waals surface area contributed by atoms with Crippen molar-refractivity contribution in [2.75, 3.05) is 7.11 Å². The van der Waals surface area contributed by atoms with Gasteiger partial charge < -0.3 is 9.30 Å². The van der Waals surface area contributed by atoms with E-state index in [9.17, 15) is 0 Å². The number of hydrogen-bond donors (Lipinski definition) is 0. The van der Waals surface area contributed by atoms with Gasteiger partial charge in [0.1, 0.15) is 28.0 Å². The Morgan fingerprint density at radius 3 is 2.81 bits per heavy atom. The van der Waals surface area contributed by atoms with Crippen molar-refractivity contribution < 1.29 is 4.74 Å². The van der Waals surface area contributed by atoms with Crippen LogP contribution in [0.3, 0.4) is 0 Å². The molecule has 0 aliphatic heterocycles. The van der Waals surface area contributed by atoms with Crippen LogP contribution in [0.1, 0.15) is 17.3 Å². The molecule has 0 unspecified atom stereocenters. The Kier molecular flexibility index (Phi) is 4.11. The first kappa shape index (κ1) is 16.2. The lowest BCUT2D eigenvalue weighted by atomic mass is 10.1. The van der Waals surface area contributed by atoms with Gasteiger partial charge >= 0.3 is 0 Å². The molecule has 0 spiro atoms. The number of thiazole rings is 1. The van der Waals surface area contributed by atoms with Gasteiger partial charge in [0, 0.05) is 36.3 Å². The minimum absolute atomic E-state index is 0.660. The molecule has 4 rings (SSSR count). The number of fused-ring (bicyclic) bond motifs is 1. The number of rotatable bonds is 2. The summed E-state index contributed by atoms with van der Waals surface area (Å²) < 4.78 is 7.16. The molecule has 0 atom stereocenters. The van der Waals surface area contributed by atoms with Gasteiger partial charge in [-0.3, -0.25) is 0 Å². The van der Waals surface area contributed by atoms with Crippen molar-refractivity contribution in [1.82, 2.24) is 24.5 Å². The van der Waals surface area contributed by atoms with E-state index < -0.39 is 0 Å². The fraction of sp³-hybridized carbons (Fsp3) is 0.158. The smallest absolute Gasteiger partial charge is 0.186 e. The molecule has 0 radical (unpaired) electrons. The maximum Gasteiger partial charge on any atom is 0.186 e. The molecule has 6 nitrogen and oxygen atoms in total. The van der Waals surface area contributed by atoms with E-state index in [1.54, 1.807) is 24.6 Å². The molecule has 0 saturated heterocycles. The maximum absolute atomic E-state index is 5.27. The highest BCUT2D eigenvalue weighted by atomic mass is 32.1. The van der Waals surface area contributed by atoms with Crippen molar-refractivity contribution >= 4 is 22.2 Å². The lowest BCUT2D eigenvalue weighted by Gasteiger charge is -2.04. The second-order valence-electron chi connectivity index (χ2n) is 5.65. The predicted molar refractivity (Wildman–Crippen MR) is 101 cm³/mol. The summed E-state index contributed by atoms with van der Waals surface area (Å²) in [5.41, 5.74) is 2.30. The van der Waals surface area contributed by atoms with Gasteiger partial charge in [-0.15, -0.1) is 11.3 Å². The summed E-state index contributed by atoms with van der Waals surface area (Å²) in [6.45, 7) is 1.85. The average Bonchev–Trinajstić information content (AvgIpc) is 3.28. The van der Waals surface area contributed by atoms with E-state index >= 15 is 0 Å². The lowest BCUT2D eigenvalue weighted by Crippen LogP contribution is -1.96. The number of imidazole rings is 1. The van der Waals surface area contributed by atoms with Crippen molar-refractivity contribution in [3.63, 3.8) is 0 Å². The van der Waals surface area contributed by atoms with Crippen molar-refractivity contribution in [2.45, 2.75) is 6.92 Å². The van der Waals surface area contributed by atoms with Crippen LogP contribution in [0, 0.1) is 18.8 Å². The van der Waals surface area contributed by atoms with Crippen LogP contribution in [0.2, 0.25) is 0 Å². The molecule has 0 fully saturated rings. The van der Waals surface area contributed by atoms with E-state index in [-0.39, 0.29) is 0 Å². The molecule has 0 amide bonds. The summed E-state index contributed by atoms with van der Waals surface area (Å²) in [5, 5.41) is 3.70. The van der Waals surface area contributed by atoms with Crippen LogP contribution in [0.4, 0.5) is 0 Å². The highest BCUT2D eigenvalue weighted by Crippen LogP contribution is 2.22. The first-order valence-corrected chi connectivity index (χ1v) is 8.79. The van der Waals surface area contributed by atoms with E-state index in [0.717, 1.165) is 27.4 Å². The van der Waals surface area contributed by atoms with Gasteiger partial charge in [-0.2, -0.15) is 0 Å². The molecule has 3 aromatic heterocycles. The number of aromatic nitrogens is 5. The number of methoxy groups -OCH3 is 1. The fourth-order valence-corrected chi connectivity index (χ4v) is 3.19. The van der Waals surface area contributed by atoms with Crippen molar-refractivity contribution in [2.24, 2.45) is 7.05 Å². The summed E-state index contributed by atoms with van der Waals surface area (Å²) in [6, 6.07) is 5.70. The van der Waals surface area contributed by atoms with Gasteiger partial charge in [0.15, 0.2) is 5.82 Å². The van der Waals surface area contributed by atoms with E-state index in [1.807, 2.05) is 48.3 Å². The van der Waals surface area contributed by atoms with E-state index in [4.69, 9.17) is 4.74 Å². The summed E-state index contributed by atoms with van der Waals surface area (Å²) in [7, 11) is 3.55. The van der Waals surface area contributed by atoms with E-state index in [1.165, 1.54) is 0 Å². The molecule has 0 aliphatic rings. The van der Waals surface area contributed by atoms with Gasteiger partial charge in [0.2, 0.25) is 0 Å². The third-order valence-corrected chi connectivity index (χ3v) is 4.63. The zero-order valence-electron chi connectivity index (χ0n) is 14.5. The molecule has 3 heterocycles. The van der Waals surface area contributed by atoms with E-state index in [2.05, 4.69) is 31.8 Å². The molecule has 0 bridgehead atoms. The highest BCUT2D eigenvalue weighted by Gasteiger charge is 2.09. The quantitative estimate of drug-likeness (QED) is 0.513. The number of benzene rings is 1. The normalized spacial score (nSPS) is 10.6. The predicted octanol–water partition coefficient (Wildman–Crippen LogP) is 3.20. The fourth-order valence-electron chi connectivity index (χ4n) is 2.60. The minimum atomic E-state index is 0.660. The lowest BCUT2D eigenvalue weighted by molar-refractivity contribution is 0.415. The minimum Gasteiger partial charge on any atom is -0.497 e.